The topological polar surface area (TPSA) is 54.1 Å². The van der Waals surface area contributed by atoms with Crippen molar-refractivity contribution in [2.45, 2.75) is 6.54 Å². The molecular weight excluding hydrogens is 271 g/mol. The third kappa shape index (κ3) is 3.26. The Morgan fingerprint density at radius 2 is 2.21 bits per heavy atom. The van der Waals surface area contributed by atoms with Crippen LogP contribution in [0.5, 0.6) is 0 Å². The van der Waals surface area contributed by atoms with Gasteiger partial charge in [0.1, 0.15) is 11.5 Å². The van der Waals surface area contributed by atoms with E-state index >= 15 is 0 Å². The third-order valence-corrected chi connectivity index (χ3v) is 2.86. The molecule has 100 valence electrons. The average molecular weight is 283 g/mol. The Balaban J connectivity index is 2.02. The van der Waals surface area contributed by atoms with Gasteiger partial charge in [-0.3, -0.25) is 0 Å². The number of anilines is 1. The summed E-state index contributed by atoms with van der Waals surface area (Å²) in [5.41, 5.74) is 1.79. The van der Waals surface area contributed by atoms with Crippen LogP contribution in [0.4, 0.5) is 10.1 Å². The lowest BCUT2D eigenvalue weighted by Crippen LogP contribution is -2.04. The molecule has 0 aliphatic heterocycles. The van der Waals surface area contributed by atoms with Crippen molar-refractivity contribution in [1.82, 2.24) is 4.98 Å². The fourth-order valence-electron chi connectivity index (χ4n) is 1.60. The number of carbonyl (C=O) groups is 1. The number of hydrogen-bond acceptors (Lipinski definition) is 3. The van der Waals surface area contributed by atoms with Gasteiger partial charge in [-0.25, -0.2) is 9.18 Å². The first-order valence-electron chi connectivity index (χ1n) is 5.55. The first-order valence-corrected chi connectivity index (χ1v) is 5.93. The quantitative estimate of drug-likeness (QED) is 0.847. The summed E-state index contributed by atoms with van der Waals surface area (Å²) < 4.78 is 17.5. The minimum atomic E-state index is -0.425. The Bertz CT molecular complexity index is 598. The van der Waals surface area contributed by atoms with Crippen molar-refractivity contribution in [2.24, 2.45) is 0 Å². The molecule has 4 nitrogen and oxygen atoms in total. The van der Waals surface area contributed by atoms with Crippen LogP contribution < -0.4 is 5.32 Å². The predicted molar refractivity (Wildman–Crippen MR) is 70.9 cm³/mol. The van der Waals surface area contributed by atoms with E-state index in [1.54, 1.807) is 18.2 Å². The summed E-state index contributed by atoms with van der Waals surface area (Å²) in [5, 5.41) is 3.35. The van der Waals surface area contributed by atoms with Crippen LogP contribution in [0.2, 0.25) is 5.02 Å². The van der Waals surface area contributed by atoms with E-state index < -0.39 is 5.97 Å². The molecular formula is C13H12ClFN2O2. The van der Waals surface area contributed by atoms with Crippen molar-refractivity contribution >= 4 is 23.3 Å². The van der Waals surface area contributed by atoms with Crippen LogP contribution in [-0.4, -0.2) is 18.1 Å². The fraction of sp³-hybridized carbons (Fsp3) is 0.154. The van der Waals surface area contributed by atoms with E-state index in [1.807, 2.05) is 0 Å². The maximum absolute atomic E-state index is 12.9. The summed E-state index contributed by atoms with van der Waals surface area (Å²) in [5.74, 6) is -0.811. The molecule has 2 N–H and O–H groups in total. The Labute approximate surface area is 114 Å². The number of nitrogens with one attached hydrogen (secondary N) is 2. The van der Waals surface area contributed by atoms with Gasteiger partial charge in [-0.15, -0.1) is 0 Å². The first-order chi connectivity index (χ1) is 9.10. The average Bonchev–Trinajstić information content (AvgIpc) is 2.85. The van der Waals surface area contributed by atoms with Crippen LogP contribution in [0.1, 0.15) is 16.2 Å². The number of halogens is 2. The van der Waals surface area contributed by atoms with Gasteiger partial charge in [0, 0.05) is 5.69 Å². The highest BCUT2D eigenvalue weighted by Crippen LogP contribution is 2.22. The van der Waals surface area contributed by atoms with Gasteiger partial charge in [-0.1, -0.05) is 11.6 Å². The van der Waals surface area contributed by atoms with Crippen molar-refractivity contribution in [3.05, 3.63) is 52.6 Å². The van der Waals surface area contributed by atoms with E-state index in [-0.39, 0.29) is 5.82 Å². The summed E-state index contributed by atoms with van der Waals surface area (Å²) in [6.45, 7) is 0.433. The summed E-state index contributed by atoms with van der Waals surface area (Å²) in [7, 11) is 1.32. The van der Waals surface area contributed by atoms with Crippen molar-refractivity contribution < 1.29 is 13.9 Å². The number of H-pyrrole nitrogens is 1. The molecule has 0 spiro atoms. The predicted octanol–water partition coefficient (Wildman–Crippen LogP) is 3.21. The van der Waals surface area contributed by atoms with Crippen LogP contribution in [0.15, 0.2) is 30.3 Å². The van der Waals surface area contributed by atoms with Gasteiger partial charge in [-0.2, -0.15) is 0 Å². The molecule has 0 fully saturated rings. The molecule has 0 aliphatic rings. The van der Waals surface area contributed by atoms with Crippen molar-refractivity contribution in [1.29, 1.82) is 0 Å². The van der Waals surface area contributed by atoms with Crippen LogP contribution in [0.25, 0.3) is 0 Å². The van der Waals surface area contributed by atoms with E-state index in [9.17, 15) is 9.18 Å². The smallest absolute Gasteiger partial charge is 0.354 e. The number of benzene rings is 1. The summed E-state index contributed by atoms with van der Waals surface area (Å²) in [4.78, 5) is 14.2. The van der Waals surface area contributed by atoms with Gasteiger partial charge >= 0.3 is 5.97 Å². The minimum Gasteiger partial charge on any atom is -0.464 e. The Morgan fingerprint density at radius 3 is 2.89 bits per heavy atom. The zero-order valence-electron chi connectivity index (χ0n) is 10.2. The molecule has 1 aromatic carbocycles. The molecule has 2 aromatic rings. The molecule has 6 heteroatoms. The van der Waals surface area contributed by atoms with E-state index in [1.165, 1.54) is 19.2 Å². The molecule has 0 atom stereocenters. The van der Waals surface area contributed by atoms with E-state index in [0.717, 1.165) is 5.69 Å². The summed E-state index contributed by atoms with van der Waals surface area (Å²) >= 11 is 5.89. The fourth-order valence-corrected chi connectivity index (χ4v) is 1.83. The highest BCUT2D eigenvalue weighted by Gasteiger charge is 2.08. The molecule has 2 rings (SSSR count). The molecule has 0 aliphatic carbocycles. The maximum Gasteiger partial charge on any atom is 0.354 e. The normalized spacial score (nSPS) is 10.3. The Kier molecular flexibility index (Phi) is 4.06. The van der Waals surface area contributed by atoms with E-state index in [2.05, 4.69) is 15.0 Å². The van der Waals surface area contributed by atoms with Crippen LogP contribution in [-0.2, 0) is 11.3 Å². The van der Waals surface area contributed by atoms with Crippen molar-refractivity contribution in [2.75, 3.05) is 12.4 Å². The first kappa shape index (κ1) is 13.4. The number of aromatic amines is 1. The zero-order valence-corrected chi connectivity index (χ0v) is 10.9. The monoisotopic (exact) mass is 282 g/mol. The number of rotatable bonds is 4. The molecule has 1 aromatic heterocycles. The number of esters is 1. The van der Waals surface area contributed by atoms with Gasteiger partial charge in [0.25, 0.3) is 0 Å². The zero-order chi connectivity index (χ0) is 13.8. The van der Waals surface area contributed by atoms with Gasteiger partial charge in [0.2, 0.25) is 0 Å². The van der Waals surface area contributed by atoms with Gasteiger partial charge < -0.3 is 15.0 Å². The molecule has 0 unspecified atom stereocenters. The maximum atomic E-state index is 12.9. The van der Waals surface area contributed by atoms with Crippen molar-refractivity contribution in [3.8, 4) is 0 Å². The van der Waals surface area contributed by atoms with Crippen LogP contribution in [0.3, 0.4) is 0 Å². The SMILES string of the molecule is COC(=O)c1ccc(CNc2ccc(F)cc2Cl)[nH]1. The number of ether oxygens (including phenoxy) is 1. The number of carbonyl (C=O) groups excluding carboxylic acids is 1. The largest absolute Gasteiger partial charge is 0.464 e. The highest BCUT2D eigenvalue weighted by molar-refractivity contribution is 6.33. The second kappa shape index (κ2) is 5.75. The molecule has 0 radical (unpaired) electrons. The summed E-state index contributed by atoms with van der Waals surface area (Å²) in [6.07, 6.45) is 0. The van der Waals surface area contributed by atoms with Crippen LogP contribution >= 0.6 is 11.6 Å². The molecule has 0 saturated heterocycles. The lowest BCUT2D eigenvalue weighted by atomic mass is 10.3. The third-order valence-electron chi connectivity index (χ3n) is 2.55. The second-order valence-corrected chi connectivity index (χ2v) is 4.27. The molecule has 0 bridgehead atoms. The second-order valence-electron chi connectivity index (χ2n) is 3.87. The Hall–Kier alpha value is -2.01. The minimum absolute atomic E-state index is 0.305. The number of hydrogen-bond donors (Lipinski definition) is 2. The van der Waals surface area contributed by atoms with Gasteiger partial charge in [0.15, 0.2) is 0 Å². The van der Waals surface area contributed by atoms with Gasteiger partial charge in [0.05, 0.1) is 24.4 Å². The number of methoxy groups -OCH3 is 1. The molecule has 1 heterocycles. The standard InChI is InChI=1S/C13H12ClFN2O2/c1-19-13(18)12-5-3-9(17-12)7-16-11-4-2-8(15)6-10(11)14/h2-6,16-17H,7H2,1H3. The number of aromatic nitrogens is 1. The molecule has 0 amide bonds. The highest BCUT2D eigenvalue weighted by atomic mass is 35.5. The van der Waals surface area contributed by atoms with E-state index in [4.69, 9.17) is 11.6 Å². The molecule has 0 saturated carbocycles. The summed E-state index contributed by atoms with van der Waals surface area (Å²) in [6, 6.07) is 7.51. The lowest BCUT2D eigenvalue weighted by molar-refractivity contribution is 0.0594. The van der Waals surface area contributed by atoms with Crippen LogP contribution in [0, 0.1) is 5.82 Å². The Morgan fingerprint density at radius 1 is 1.42 bits per heavy atom. The van der Waals surface area contributed by atoms with Gasteiger partial charge in [-0.05, 0) is 30.3 Å². The van der Waals surface area contributed by atoms with Crippen molar-refractivity contribution in [3.63, 3.8) is 0 Å². The molecule has 19 heavy (non-hydrogen) atoms. The lowest BCUT2D eigenvalue weighted by Gasteiger charge is -2.07. The van der Waals surface area contributed by atoms with E-state index in [0.29, 0.717) is 22.9 Å².